The number of hydrogen-bond acceptors (Lipinski definition) is 7. The molecule has 1 heterocycles. The molecule has 10 heteroatoms. The van der Waals surface area contributed by atoms with E-state index >= 15 is 0 Å². The Kier molecular flexibility index (Phi) is 5.99. The van der Waals surface area contributed by atoms with Gasteiger partial charge in [-0.15, -0.1) is 5.10 Å². The van der Waals surface area contributed by atoms with Gasteiger partial charge in [0.15, 0.2) is 0 Å². The van der Waals surface area contributed by atoms with Gasteiger partial charge < -0.3 is 5.32 Å². The molecule has 1 N–H and O–H groups in total. The number of nitrogens with one attached hydrogen (secondary N) is 1. The molecule has 0 saturated heterocycles. The largest absolute Gasteiger partial charge is 0.322 e. The maximum absolute atomic E-state index is 12.8. The molecule has 144 valence electrons. The molecule has 0 unspecified atom stereocenters. The van der Waals surface area contributed by atoms with Crippen molar-refractivity contribution in [1.82, 2.24) is 20.2 Å². The fourth-order valence-corrected chi connectivity index (χ4v) is 3.39. The van der Waals surface area contributed by atoms with Crippen LogP contribution in [-0.4, -0.2) is 31.0 Å². The molecular weight excluding hydrogens is 380 g/mol. The zero-order valence-electron chi connectivity index (χ0n) is 15.3. The average Bonchev–Trinajstić information content (AvgIpc) is 3.08. The standard InChI is InChI=1S/C18H18N6O3S/c1-3-4-12-5-7-13(8-6-12)19-17(25)15-11-14(24(26)27)9-10-16(15)28-18-20-21-22-23(18)2/h5-11H,3-4H2,1-2H3,(H,19,25). The normalized spacial score (nSPS) is 10.6. The maximum Gasteiger partial charge on any atom is 0.270 e. The molecule has 0 radical (unpaired) electrons. The lowest BCUT2D eigenvalue weighted by Gasteiger charge is -2.10. The van der Waals surface area contributed by atoms with Crippen molar-refractivity contribution < 1.29 is 9.72 Å². The van der Waals surface area contributed by atoms with Crippen LogP contribution >= 0.6 is 11.8 Å². The smallest absolute Gasteiger partial charge is 0.270 e. The van der Waals surface area contributed by atoms with Crippen molar-refractivity contribution in [2.75, 3.05) is 5.32 Å². The Morgan fingerprint density at radius 2 is 2.00 bits per heavy atom. The summed E-state index contributed by atoms with van der Waals surface area (Å²) >= 11 is 1.16. The summed E-state index contributed by atoms with van der Waals surface area (Å²) in [5.74, 6) is -0.440. The predicted molar refractivity (Wildman–Crippen MR) is 104 cm³/mol. The van der Waals surface area contributed by atoms with Crippen LogP contribution in [0.1, 0.15) is 29.3 Å². The highest BCUT2D eigenvalue weighted by Gasteiger charge is 2.19. The predicted octanol–water partition coefficient (Wildman–Crippen LogP) is 3.47. The first-order valence-electron chi connectivity index (χ1n) is 8.57. The van der Waals surface area contributed by atoms with E-state index in [0.717, 1.165) is 24.6 Å². The van der Waals surface area contributed by atoms with Crippen LogP contribution in [0, 0.1) is 10.1 Å². The van der Waals surface area contributed by atoms with Crippen LogP contribution in [0.25, 0.3) is 0 Å². The van der Waals surface area contributed by atoms with E-state index in [9.17, 15) is 14.9 Å². The van der Waals surface area contributed by atoms with Gasteiger partial charge in [-0.05, 0) is 52.4 Å². The van der Waals surface area contributed by atoms with E-state index in [4.69, 9.17) is 0 Å². The minimum absolute atomic E-state index is 0.163. The number of benzene rings is 2. The molecule has 1 amide bonds. The molecule has 0 atom stereocenters. The van der Waals surface area contributed by atoms with Crippen molar-refractivity contribution in [1.29, 1.82) is 0 Å². The molecule has 0 fully saturated rings. The van der Waals surface area contributed by atoms with E-state index in [2.05, 4.69) is 27.8 Å². The Bertz CT molecular complexity index is 1000. The number of aromatic nitrogens is 4. The molecule has 0 bridgehead atoms. The number of anilines is 1. The lowest BCUT2D eigenvalue weighted by atomic mass is 10.1. The molecule has 9 nitrogen and oxygen atoms in total. The lowest BCUT2D eigenvalue weighted by molar-refractivity contribution is -0.384. The van der Waals surface area contributed by atoms with Crippen molar-refractivity contribution in [2.24, 2.45) is 7.05 Å². The number of carbonyl (C=O) groups is 1. The third-order valence-electron chi connectivity index (χ3n) is 3.95. The van der Waals surface area contributed by atoms with Crippen molar-refractivity contribution in [3.63, 3.8) is 0 Å². The van der Waals surface area contributed by atoms with Gasteiger partial charge in [0, 0.05) is 29.8 Å². The van der Waals surface area contributed by atoms with Gasteiger partial charge in [0.2, 0.25) is 5.16 Å². The van der Waals surface area contributed by atoms with E-state index in [1.54, 1.807) is 7.05 Å². The number of tetrazole rings is 1. The second kappa shape index (κ2) is 8.61. The molecule has 28 heavy (non-hydrogen) atoms. The summed E-state index contributed by atoms with van der Waals surface area (Å²) in [7, 11) is 1.67. The minimum atomic E-state index is -0.533. The monoisotopic (exact) mass is 398 g/mol. The Labute approximate surface area is 165 Å². The molecule has 3 rings (SSSR count). The Balaban J connectivity index is 1.88. The molecule has 0 saturated carbocycles. The number of nitrogens with zero attached hydrogens (tertiary/aromatic N) is 5. The highest BCUT2D eigenvalue weighted by atomic mass is 32.2. The van der Waals surface area contributed by atoms with Crippen LogP contribution in [0.4, 0.5) is 11.4 Å². The summed E-state index contributed by atoms with van der Waals surface area (Å²) in [5, 5.41) is 25.6. The molecule has 2 aromatic carbocycles. The number of aryl methyl sites for hydroxylation is 2. The summed E-state index contributed by atoms with van der Waals surface area (Å²) in [6.07, 6.45) is 2.00. The maximum atomic E-state index is 12.8. The summed E-state index contributed by atoms with van der Waals surface area (Å²) in [5.41, 5.74) is 1.82. The van der Waals surface area contributed by atoms with Gasteiger partial charge in [-0.2, -0.15) is 0 Å². The van der Waals surface area contributed by atoms with E-state index in [1.807, 2.05) is 24.3 Å². The summed E-state index contributed by atoms with van der Waals surface area (Å²) < 4.78 is 1.46. The number of amides is 1. The Hall–Kier alpha value is -3.27. The van der Waals surface area contributed by atoms with Gasteiger partial charge in [-0.25, -0.2) is 4.68 Å². The van der Waals surface area contributed by atoms with Gasteiger partial charge >= 0.3 is 0 Å². The molecule has 0 aliphatic rings. The summed E-state index contributed by atoms with van der Waals surface area (Å²) in [4.78, 5) is 24.0. The van der Waals surface area contributed by atoms with Crippen molar-refractivity contribution in [2.45, 2.75) is 29.8 Å². The number of hydrogen-bond donors (Lipinski definition) is 1. The SMILES string of the molecule is CCCc1ccc(NC(=O)c2cc([N+](=O)[O-])ccc2Sc2nnnn2C)cc1. The van der Waals surface area contributed by atoms with E-state index < -0.39 is 10.8 Å². The van der Waals surface area contributed by atoms with Crippen molar-refractivity contribution in [3.8, 4) is 0 Å². The zero-order valence-corrected chi connectivity index (χ0v) is 16.1. The van der Waals surface area contributed by atoms with E-state index in [0.29, 0.717) is 15.7 Å². The average molecular weight is 398 g/mol. The van der Waals surface area contributed by atoms with Gasteiger partial charge in [-0.3, -0.25) is 14.9 Å². The van der Waals surface area contributed by atoms with Crippen LogP contribution in [0.3, 0.4) is 0 Å². The number of non-ortho nitro benzene ring substituents is 1. The topological polar surface area (TPSA) is 116 Å². The number of nitro benzene ring substituents is 1. The van der Waals surface area contributed by atoms with E-state index in [1.165, 1.54) is 28.4 Å². The first-order valence-corrected chi connectivity index (χ1v) is 9.38. The van der Waals surface area contributed by atoms with Crippen LogP contribution < -0.4 is 5.32 Å². The zero-order chi connectivity index (χ0) is 20.1. The molecule has 1 aromatic heterocycles. The lowest BCUT2D eigenvalue weighted by Crippen LogP contribution is -2.13. The first-order chi connectivity index (χ1) is 13.5. The molecule has 0 aliphatic carbocycles. The number of carbonyl (C=O) groups excluding carboxylic acids is 1. The summed E-state index contributed by atoms with van der Waals surface area (Å²) in [6, 6.07) is 11.7. The second-order valence-electron chi connectivity index (χ2n) is 6.03. The number of nitro groups is 1. The van der Waals surface area contributed by atoms with Gasteiger partial charge in [-0.1, -0.05) is 25.5 Å². The minimum Gasteiger partial charge on any atom is -0.322 e. The Morgan fingerprint density at radius 3 is 2.61 bits per heavy atom. The second-order valence-corrected chi connectivity index (χ2v) is 7.03. The van der Waals surface area contributed by atoms with Crippen molar-refractivity contribution in [3.05, 3.63) is 63.7 Å². The van der Waals surface area contributed by atoms with E-state index in [-0.39, 0.29) is 11.3 Å². The molecular formula is C18H18N6O3S. The van der Waals surface area contributed by atoms with Crippen LogP contribution in [0.5, 0.6) is 0 Å². The quantitative estimate of drug-likeness (QED) is 0.478. The van der Waals surface area contributed by atoms with Crippen molar-refractivity contribution >= 4 is 29.0 Å². The third kappa shape index (κ3) is 4.52. The van der Waals surface area contributed by atoms with Crippen LogP contribution in [-0.2, 0) is 13.5 Å². The Morgan fingerprint density at radius 1 is 1.25 bits per heavy atom. The third-order valence-corrected chi connectivity index (χ3v) is 5.06. The molecule has 3 aromatic rings. The van der Waals surface area contributed by atoms with Crippen LogP contribution in [0.2, 0.25) is 0 Å². The molecule has 0 spiro atoms. The highest BCUT2D eigenvalue weighted by molar-refractivity contribution is 7.99. The number of rotatable bonds is 7. The summed E-state index contributed by atoms with van der Waals surface area (Å²) in [6.45, 7) is 2.10. The van der Waals surface area contributed by atoms with Crippen LogP contribution in [0.15, 0.2) is 52.5 Å². The molecule has 0 aliphatic heterocycles. The fraction of sp³-hybridized carbons (Fsp3) is 0.222. The van der Waals surface area contributed by atoms with Gasteiger partial charge in [0.1, 0.15) is 0 Å². The van der Waals surface area contributed by atoms with Gasteiger partial charge in [0.05, 0.1) is 10.5 Å². The fourth-order valence-electron chi connectivity index (χ4n) is 2.55. The van der Waals surface area contributed by atoms with Gasteiger partial charge in [0.25, 0.3) is 11.6 Å². The highest BCUT2D eigenvalue weighted by Crippen LogP contribution is 2.31. The first kappa shape index (κ1) is 19.5.